The van der Waals surface area contributed by atoms with E-state index in [-0.39, 0.29) is 73.8 Å². The first kappa shape index (κ1) is 64.4. The van der Waals surface area contributed by atoms with Crippen molar-refractivity contribution in [2.45, 2.75) is 89.4 Å². The molecule has 2 atom stereocenters. The molecule has 0 saturated heterocycles. The first-order valence-corrected chi connectivity index (χ1v) is 26.3. The highest BCUT2D eigenvalue weighted by Crippen LogP contribution is 2.36. The lowest BCUT2D eigenvalue weighted by Gasteiger charge is -2.13. The van der Waals surface area contributed by atoms with Crippen LogP contribution < -0.4 is 35.7 Å². The second kappa shape index (κ2) is 27.7. The molecule has 0 aliphatic heterocycles. The minimum absolute atomic E-state index is 0.0412. The summed E-state index contributed by atoms with van der Waals surface area (Å²) in [5, 5.41) is 24.4. The van der Waals surface area contributed by atoms with Crippen molar-refractivity contribution in [3.63, 3.8) is 0 Å². The van der Waals surface area contributed by atoms with Crippen LogP contribution in [0.5, 0.6) is 17.5 Å². The van der Waals surface area contributed by atoms with Gasteiger partial charge in [-0.05, 0) is 63.4 Å². The van der Waals surface area contributed by atoms with Crippen LogP contribution in [0.25, 0.3) is 5.69 Å². The van der Waals surface area contributed by atoms with Crippen molar-refractivity contribution >= 4 is 87.7 Å². The predicted molar refractivity (Wildman–Crippen MR) is 269 cm³/mol. The Balaban J connectivity index is 0.000000361. The number of hydrogen-bond acceptors (Lipinski definition) is 16. The third kappa shape index (κ3) is 21.2. The summed E-state index contributed by atoms with van der Waals surface area (Å²) in [6.45, 7) is 12.1. The summed E-state index contributed by atoms with van der Waals surface area (Å²) in [6.07, 6.45) is -6.26. The number of amides is 2. The summed E-state index contributed by atoms with van der Waals surface area (Å²) in [4.78, 5) is 64.6. The molecule has 2 unspecified atom stereocenters. The summed E-state index contributed by atoms with van der Waals surface area (Å²) in [5.41, 5.74) is 4.88. The Morgan fingerprint density at radius 2 is 1.54 bits per heavy atom. The molecule has 2 amide bonds. The van der Waals surface area contributed by atoms with Crippen molar-refractivity contribution in [3.8, 4) is 23.2 Å². The number of alkyl halides is 3. The molecule has 0 fully saturated rings. The van der Waals surface area contributed by atoms with Crippen molar-refractivity contribution in [3.05, 3.63) is 102 Å². The number of aryl methyl sites for hydroxylation is 2. The standard InChI is InChI=1S/C15H18Cl2N2O3.C15H16F3N5O4S.C8H6Cl2O3.C5H12NO4P/c1-8(2)21-12-7-11(9(16)6-10(12)17)19-14(20)22-13(18-19)15(3,4)5;1-9-19-12(22-14(20-9)27-2)21-13(24)23-28(25,26)11-6-4-3-5-10(11)7-8-15(16,17)18;1-13-7-5(10)3-2-4(9)6(7)8(11)12;1-11(9,10)3-2-4(6)5(7)8/h6-8H,1-5H3;3-6H,7-8H2,1-2H3,(H2,19,20,21,22,23,24);2-3H,1H3,(H,11,12);4H,2-3,6H2,1H3,(H,7,8)(H,9,10). The van der Waals surface area contributed by atoms with Gasteiger partial charge in [0.15, 0.2) is 13.1 Å². The summed E-state index contributed by atoms with van der Waals surface area (Å²) in [6, 6.07) is 8.78. The van der Waals surface area contributed by atoms with Gasteiger partial charge in [-0.15, -0.1) is 5.10 Å². The number of sulfonamides is 1. The SMILES string of the molecule is CC(C)Oc1cc(-n2nc(C(C)(C)C)oc2=O)c(Cl)cc1Cl.COc1c(Cl)ccc(Cl)c1C(=O)O.COc1nc(C)nc(NC(=O)NS(=O)(=O)c2ccccc2CCC(F)(F)F)n1.CP(=O)(O)CCC(N)C(=O)O. The average Bonchev–Trinajstić information content (AvgIpc) is 3.67. The van der Waals surface area contributed by atoms with Crippen LogP contribution in [0.3, 0.4) is 0 Å². The zero-order chi connectivity index (χ0) is 56.7. The molecule has 2 aromatic heterocycles. The minimum atomic E-state index is -4.45. The topological polar surface area (TPSA) is 328 Å². The van der Waals surface area contributed by atoms with Crippen LogP contribution in [-0.2, 0) is 31.2 Å². The zero-order valence-corrected chi connectivity index (χ0v) is 45.5. The van der Waals surface area contributed by atoms with Crippen LogP contribution in [0.15, 0.2) is 62.6 Å². The Bertz CT molecular complexity index is 2990. The number of nitrogens with zero attached hydrogens (tertiary/aromatic N) is 5. The van der Waals surface area contributed by atoms with Crippen LogP contribution in [0.2, 0.25) is 20.1 Å². The molecule has 408 valence electrons. The van der Waals surface area contributed by atoms with Gasteiger partial charge in [0.2, 0.25) is 11.8 Å². The predicted octanol–water partition coefficient (Wildman–Crippen LogP) is 8.80. The molecule has 3 aromatic carbocycles. The fourth-order valence-electron chi connectivity index (χ4n) is 5.35. The molecule has 5 aromatic rings. The van der Waals surface area contributed by atoms with Crippen molar-refractivity contribution in [1.29, 1.82) is 0 Å². The number of carbonyl (C=O) groups excluding carboxylic acids is 1. The molecule has 0 aliphatic carbocycles. The number of carboxylic acids is 2. The van der Waals surface area contributed by atoms with Gasteiger partial charge in [-0.25, -0.2) is 27.5 Å². The highest BCUT2D eigenvalue weighted by Gasteiger charge is 2.29. The number of nitrogens with two attached hydrogens (primary N) is 1. The number of rotatable bonds is 15. The molecule has 5 rings (SSSR count). The number of halogens is 7. The first-order chi connectivity index (χ1) is 34.0. The van der Waals surface area contributed by atoms with E-state index in [0.29, 0.717) is 22.4 Å². The Morgan fingerprint density at radius 1 is 0.932 bits per heavy atom. The summed E-state index contributed by atoms with van der Waals surface area (Å²) >= 11 is 23.7. The summed E-state index contributed by atoms with van der Waals surface area (Å²) in [7, 11) is -4.91. The van der Waals surface area contributed by atoms with Gasteiger partial charge in [-0.1, -0.05) is 85.4 Å². The van der Waals surface area contributed by atoms with Crippen LogP contribution in [0, 0.1) is 6.92 Å². The molecular formula is C43H52Cl4F3N8O14PS. The van der Waals surface area contributed by atoms with Crippen LogP contribution in [0.4, 0.5) is 23.9 Å². The normalized spacial score (nSPS) is 12.5. The van der Waals surface area contributed by atoms with E-state index in [1.165, 1.54) is 64.2 Å². The Morgan fingerprint density at radius 3 is 2.04 bits per heavy atom. The number of anilines is 1. The summed E-state index contributed by atoms with van der Waals surface area (Å²) < 4.78 is 96.2. The van der Waals surface area contributed by atoms with Crippen LogP contribution in [0.1, 0.15) is 75.1 Å². The molecular weight excluding hydrogens is 1110 g/mol. The van der Waals surface area contributed by atoms with E-state index in [4.69, 9.17) is 85.9 Å². The van der Waals surface area contributed by atoms with E-state index in [1.54, 1.807) is 10.8 Å². The van der Waals surface area contributed by atoms with Gasteiger partial charge in [0.05, 0.1) is 51.0 Å². The van der Waals surface area contributed by atoms with Gasteiger partial charge in [0.25, 0.3) is 10.0 Å². The molecule has 0 bridgehead atoms. The average molecular weight is 1170 g/mol. The van der Waals surface area contributed by atoms with E-state index in [0.717, 1.165) is 10.7 Å². The number of hydrogen-bond donors (Lipinski definition) is 6. The lowest BCUT2D eigenvalue weighted by Crippen LogP contribution is -2.35. The number of ether oxygens (including phenoxy) is 3. The van der Waals surface area contributed by atoms with Crippen LogP contribution in [-0.4, -0.2) is 112 Å². The van der Waals surface area contributed by atoms with Crippen molar-refractivity contribution in [1.82, 2.24) is 29.5 Å². The lowest BCUT2D eigenvalue weighted by molar-refractivity contribution is -0.138. The highest BCUT2D eigenvalue weighted by molar-refractivity contribution is 7.90. The van der Waals surface area contributed by atoms with Gasteiger partial charge >= 0.3 is 35.9 Å². The zero-order valence-electron chi connectivity index (χ0n) is 40.7. The van der Waals surface area contributed by atoms with Crippen molar-refractivity contribution < 1.29 is 74.3 Å². The van der Waals surface area contributed by atoms with Gasteiger partial charge in [-0.2, -0.15) is 32.8 Å². The third-order valence-electron chi connectivity index (χ3n) is 8.73. The molecule has 74 heavy (non-hydrogen) atoms. The number of methoxy groups -OCH3 is 2. The number of aromatic nitrogens is 5. The van der Waals surface area contributed by atoms with E-state index < -0.39 is 71.1 Å². The Labute approximate surface area is 442 Å². The maximum Gasteiger partial charge on any atom is 0.442 e. The first-order valence-electron chi connectivity index (χ1n) is 21.0. The van der Waals surface area contributed by atoms with Crippen molar-refractivity contribution in [2.24, 2.45) is 5.73 Å². The van der Waals surface area contributed by atoms with Gasteiger partial charge < -0.3 is 39.5 Å². The molecule has 0 aliphatic rings. The number of carbonyl (C=O) groups is 3. The number of aliphatic carboxylic acids is 1. The van der Waals surface area contributed by atoms with E-state index in [9.17, 15) is 45.3 Å². The van der Waals surface area contributed by atoms with Gasteiger partial charge in [-0.3, -0.25) is 14.7 Å². The molecule has 22 nitrogen and oxygen atoms in total. The van der Waals surface area contributed by atoms with Gasteiger partial charge in [0, 0.05) is 30.7 Å². The third-order valence-corrected chi connectivity index (χ3v) is 12.5. The number of aromatic carboxylic acids is 1. The number of benzene rings is 3. The Kier molecular flexibility index (Phi) is 24.1. The second-order valence-corrected chi connectivity index (χ2v) is 22.3. The molecule has 0 saturated carbocycles. The number of carboxylic acid groups (broad SMARTS) is 2. The fourth-order valence-corrected chi connectivity index (χ4v) is 8.26. The van der Waals surface area contributed by atoms with E-state index in [2.05, 4.69) is 25.4 Å². The smallest absolute Gasteiger partial charge is 0.442 e. The molecule has 0 spiro atoms. The monoisotopic (exact) mass is 1160 g/mol. The Hall–Kier alpha value is -5.73. The quantitative estimate of drug-likeness (QED) is 0.0533. The van der Waals surface area contributed by atoms with Gasteiger partial charge in [0.1, 0.15) is 23.2 Å². The van der Waals surface area contributed by atoms with E-state index >= 15 is 0 Å². The maximum atomic E-state index is 12.5. The van der Waals surface area contributed by atoms with Crippen molar-refractivity contribution in [2.75, 3.05) is 32.4 Å². The molecule has 7 N–H and O–H groups in total. The fraction of sp³-hybridized carbons (Fsp3) is 0.395. The second-order valence-electron chi connectivity index (χ2n) is 16.5. The molecule has 31 heteroatoms. The number of urea groups is 1. The van der Waals surface area contributed by atoms with Crippen LogP contribution >= 0.6 is 53.8 Å². The lowest BCUT2D eigenvalue weighted by atomic mass is 9.97. The highest BCUT2D eigenvalue weighted by atomic mass is 35.5. The molecule has 0 radical (unpaired) electrons. The van der Waals surface area contributed by atoms with E-state index in [1.807, 2.05) is 34.6 Å². The number of nitrogens with one attached hydrogen (secondary N) is 2. The molecule has 2 heterocycles. The summed E-state index contributed by atoms with van der Waals surface area (Å²) in [5.74, 6) is -2.11. The maximum absolute atomic E-state index is 12.5. The largest absolute Gasteiger partial charge is 0.494 e. The minimum Gasteiger partial charge on any atom is -0.494 e.